The number of nitrogens with one attached hydrogen (secondary N) is 1. The quantitative estimate of drug-likeness (QED) is 0.842. The van der Waals surface area contributed by atoms with E-state index in [0.717, 1.165) is 23.0 Å². The molecule has 0 spiro atoms. The van der Waals surface area contributed by atoms with Crippen LogP contribution in [0.5, 0.6) is 0 Å². The van der Waals surface area contributed by atoms with Gasteiger partial charge in [0.25, 0.3) is 5.78 Å². The lowest BCUT2D eigenvalue weighted by molar-refractivity contribution is -0.165. The van der Waals surface area contributed by atoms with E-state index in [1.165, 1.54) is 6.92 Å². The van der Waals surface area contributed by atoms with E-state index in [9.17, 15) is 18.0 Å². The SMILES string of the molecule is CC1=C(C(=O)C(F)(F)F)Sc2cc(C)ccc2N1. The number of allylic oxidation sites excluding steroid dienone is 2. The van der Waals surface area contributed by atoms with Gasteiger partial charge in [0.05, 0.1) is 10.6 Å². The fourth-order valence-corrected chi connectivity index (χ4v) is 2.71. The van der Waals surface area contributed by atoms with Crippen LogP contribution in [0.4, 0.5) is 18.9 Å². The van der Waals surface area contributed by atoms with Gasteiger partial charge < -0.3 is 5.32 Å². The minimum Gasteiger partial charge on any atom is -0.357 e. The van der Waals surface area contributed by atoms with Gasteiger partial charge in [-0.15, -0.1) is 0 Å². The van der Waals surface area contributed by atoms with Crippen LogP contribution in [0.25, 0.3) is 0 Å². The molecular formula is C12H10F3NOS. The van der Waals surface area contributed by atoms with Crippen molar-refractivity contribution >= 4 is 23.2 Å². The fourth-order valence-electron chi connectivity index (χ4n) is 1.61. The van der Waals surface area contributed by atoms with E-state index in [2.05, 4.69) is 5.32 Å². The van der Waals surface area contributed by atoms with E-state index in [-0.39, 0.29) is 10.6 Å². The van der Waals surface area contributed by atoms with Crippen LogP contribution in [-0.2, 0) is 4.79 Å². The molecule has 0 unspecified atom stereocenters. The molecule has 2 rings (SSSR count). The highest BCUT2D eigenvalue weighted by Crippen LogP contribution is 2.42. The van der Waals surface area contributed by atoms with Crippen molar-refractivity contribution in [1.82, 2.24) is 0 Å². The average Bonchev–Trinajstić information content (AvgIpc) is 2.26. The molecule has 0 saturated carbocycles. The maximum absolute atomic E-state index is 12.4. The average molecular weight is 273 g/mol. The molecule has 1 aliphatic heterocycles. The highest BCUT2D eigenvalue weighted by Gasteiger charge is 2.42. The summed E-state index contributed by atoms with van der Waals surface area (Å²) in [6, 6.07) is 5.40. The third-order valence-electron chi connectivity index (χ3n) is 2.48. The van der Waals surface area contributed by atoms with Crippen LogP contribution in [0.1, 0.15) is 12.5 Å². The van der Waals surface area contributed by atoms with Crippen LogP contribution in [0.3, 0.4) is 0 Å². The van der Waals surface area contributed by atoms with Crippen LogP contribution in [-0.4, -0.2) is 12.0 Å². The smallest absolute Gasteiger partial charge is 0.357 e. The predicted octanol–water partition coefficient (Wildman–Crippen LogP) is 3.88. The number of rotatable bonds is 1. The Morgan fingerprint density at radius 1 is 1.28 bits per heavy atom. The zero-order valence-electron chi connectivity index (χ0n) is 9.68. The molecule has 0 bridgehead atoms. The molecule has 2 nitrogen and oxygen atoms in total. The van der Waals surface area contributed by atoms with Crippen molar-refractivity contribution in [3.05, 3.63) is 34.4 Å². The first-order chi connectivity index (χ1) is 8.29. The molecule has 0 fully saturated rings. The molecule has 1 N–H and O–H groups in total. The summed E-state index contributed by atoms with van der Waals surface area (Å²) in [6.45, 7) is 3.31. The van der Waals surface area contributed by atoms with Crippen molar-refractivity contribution < 1.29 is 18.0 Å². The molecular weight excluding hydrogens is 263 g/mol. The molecule has 96 valence electrons. The van der Waals surface area contributed by atoms with Gasteiger partial charge >= 0.3 is 6.18 Å². The number of aryl methyl sites for hydroxylation is 1. The van der Waals surface area contributed by atoms with Gasteiger partial charge in [-0.25, -0.2) is 0 Å². The van der Waals surface area contributed by atoms with E-state index in [0.29, 0.717) is 4.90 Å². The molecule has 0 aromatic heterocycles. The Kier molecular flexibility index (Phi) is 3.14. The Morgan fingerprint density at radius 2 is 1.94 bits per heavy atom. The van der Waals surface area contributed by atoms with Crippen LogP contribution in [0, 0.1) is 6.92 Å². The minimum atomic E-state index is -4.84. The summed E-state index contributed by atoms with van der Waals surface area (Å²) in [5, 5.41) is 2.83. The Morgan fingerprint density at radius 3 is 2.56 bits per heavy atom. The lowest BCUT2D eigenvalue weighted by atomic mass is 10.2. The number of Topliss-reactive ketones (excluding diaryl/α,β-unsaturated/α-hetero) is 1. The molecule has 0 amide bonds. The second-order valence-electron chi connectivity index (χ2n) is 4.01. The summed E-state index contributed by atoms with van der Waals surface area (Å²) in [4.78, 5) is 11.6. The Bertz CT molecular complexity index is 549. The normalized spacial score (nSPS) is 15.2. The lowest BCUT2D eigenvalue weighted by Crippen LogP contribution is -2.26. The Labute approximate surface area is 106 Å². The second kappa shape index (κ2) is 4.35. The number of benzene rings is 1. The molecule has 1 aromatic carbocycles. The number of halogens is 3. The van der Waals surface area contributed by atoms with Crippen LogP contribution in [0.15, 0.2) is 33.7 Å². The third kappa shape index (κ3) is 2.38. The monoisotopic (exact) mass is 273 g/mol. The zero-order valence-corrected chi connectivity index (χ0v) is 10.5. The van der Waals surface area contributed by atoms with E-state index < -0.39 is 12.0 Å². The van der Waals surface area contributed by atoms with Crippen molar-refractivity contribution in [2.75, 3.05) is 5.32 Å². The molecule has 1 heterocycles. The highest BCUT2D eigenvalue weighted by atomic mass is 32.2. The first kappa shape index (κ1) is 13.0. The van der Waals surface area contributed by atoms with Crippen LogP contribution in [0.2, 0.25) is 0 Å². The lowest BCUT2D eigenvalue weighted by Gasteiger charge is -2.22. The molecule has 6 heteroatoms. The summed E-state index contributed by atoms with van der Waals surface area (Å²) < 4.78 is 37.3. The van der Waals surface area contributed by atoms with Gasteiger partial charge in [0.1, 0.15) is 0 Å². The number of anilines is 1. The van der Waals surface area contributed by atoms with Gasteiger partial charge in [0, 0.05) is 10.6 Å². The van der Waals surface area contributed by atoms with Crippen molar-refractivity contribution in [1.29, 1.82) is 0 Å². The van der Waals surface area contributed by atoms with Crippen molar-refractivity contribution in [3.63, 3.8) is 0 Å². The van der Waals surface area contributed by atoms with E-state index in [1.54, 1.807) is 12.1 Å². The fraction of sp³-hybridized carbons (Fsp3) is 0.250. The molecule has 0 aliphatic carbocycles. The van der Waals surface area contributed by atoms with Gasteiger partial charge in [-0.2, -0.15) is 13.2 Å². The van der Waals surface area contributed by atoms with E-state index in [4.69, 9.17) is 0 Å². The molecule has 1 aromatic rings. The van der Waals surface area contributed by atoms with E-state index >= 15 is 0 Å². The number of carbonyl (C=O) groups excluding carboxylic acids is 1. The van der Waals surface area contributed by atoms with Crippen LogP contribution < -0.4 is 5.32 Å². The molecule has 18 heavy (non-hydrogen) atoms. The highest BCUT2D eigenvalue weighted by molar-refractivity contribution is 8.04. The number of carbonyl (C=O) groups is 1. The summed E-state index contributed by atoms with van der Waals surface area (Å²) in [7, 11) is 0. The van der Waals surface area contributed by atoms with E-state index in [1.807, 2.05) is 13.0 Å². The first-order valence-electron chi connectivity index (χ1n) is 5.17. The predicted molar refractivity (Wildman–Crippen MR) is 64.4 cm³/mol. The van der Waals surface area contributed by atoms with Crippen molar-refractivity contribution in [2.45, 2.75) is 24.9 Å². The number of hydrogen-bond acceptors (Lipinski definition) is 3. The van der Waals surface area contributed by atoms with Gasteiger partial charge in [-0.05, 0) is 31.5 Å². The third-order valence-corrected chi connectivity index (χ3v) is 3.73. The molecule has 0 saturated heterocycles. The first-order valence-corrected chi connectivity index (χ1v) is 5.98. The van der Waals surface area contributed by atoms with Crippen molar-refractivity contribution in [3.8, 4) is 0 Å². The standard InChI is InChI=1S/C12H10F3NOS/c1-6-3-4-8-9(5-6)18-10(7(2)16-8)11(17)12(13,14)15/h3-5,16H,1-2H3. The van der Waals surface area contributed by atoms with Gasteiger partial charge in [-0.3, -0.25) is 4.79 Å². The second-order valence-corrected chi connectivity index (χ2v) is 5.06. The van der Waals surface area contributed by atoms with Gasteiger partial charge in [0.15, 0.2) is 0 Å². The van der Waals surface area contributed by atoms with Gasteiger partial charge in [-0.1, -0.05) is 17.8 Å². The number of ketones is 1. The van der Waals surface area contributed by atoms with Gasteiger partial charge in [0.2, 0.25) is 0 Å². The Hall–Kier alpha value is -1.43. The van der Waals surface area contributed by atoms with Crippen molar-refractivity contribution in [2.24, 2.45) is 0 Å². The molecule has 0 atom stereocenters. The number of thioether (sulfide) groups is 1. The number of alkyl halides is 3. The van der Waals surface area contributed by atoms with Crippen LogP contribution >= 0.6 is 11.8 Å². The summed E-state index contributed by atoms with van der Waals surface area (Å²) >= 11 is 0.862. The number of hydrogen-bond donors (Lipinski definition) is 1. The minimum absolute atomic E-state index is 0.235. The summed E-state index contributed by atoms with van der Waals surface area (Å²) in [5.41, 5.74) is 1.89. The molecule has 1 aliphatic rings. The number of fused-ring (bicyclic) bond motifs is 1. The summed E-state index contributed by atoms with van der Waals surface area (Å²) in [6.07, 6.45) is -4.84. The topological polar surface area (TPSA) is 29.1 Å². The Balaban J connectivity index is 2.38. The summed E-state index contributed by atoms with van der Waals surface area (Å²) in [5.74, 6) is -1.80. The maximum Gasteiger partial charge on any atom is 0.455 e. The largest absolute Gasteiger partial charge is 0.455 e. The molecule has 0 radical (unpaired) electrons. The zero-order chi connectivity index (χ0) is 13.5. The maximum atomic E-state index is 12.4.